The summed E-state index contributed by atoms with van der Waals surface area (Å²) in [6.07, 6.45) is 0. The van der Waals surface area contributed by atoms with E-state index in [0.29, 0.717) is 5.56 Å². The van der Waals surface area contributed by atoms with E-state index in [0.717, 1.165) is 10.4 Å². The van der Waals surface area contributed by atoms with Gasteiger partial charge in [-0.25, -0.2) is 4.39 Å². The number of halogens is 2. The van der Waals surface area contributed by atoms with E-state index in [1.54, 1.807) is 17.4 Å². The lowest BCUT2D eigenvalue weighted by Crippen LogP contribution is -2.07. The molecule has 3 heteroatoms. The van der Waals surface area contributed by atoms with Crippen LogP contribution in [0.5, 0.6) is 0 Å². The van der Waals surface area contributed by atoms with Crippen molar-refractivity contribution in [3.63, 3.8) is 0 Å². The van der Waals surface area contributed by atoms with Crippen molar-refractivity contribution in [1.82, 2.24) is 0 Å². The number of hydrogen-bond donors (Lipinski definition) is 0. The van der Waals surface area contributed by atoms with Crippen molar-refractivity contribution in [2.75, 3.05) is 0 Å². The van der Waals surface area contributed by atoms with E-state index in [9.17, 15) is 4.39 Å². The molecule has 2 aromatic rings. The van der Waals surface area contributed by atoms with Crippen LogP contribution in [0.3, 0.4) is 0 Å². The molecule has 0 aliphatic heterocycles. The van der Waals surface area contributed by atoms with Crippen molar-refractivity contribution in [3.8, 4) is 0 Å². The maximum absolute atomic E-state index is 13.9. The van der Waals surface area contributed by atoms with Gasteiger partial charge in [0.15, 0.2) is 0 Å². The van der Waals surface area contributed by atoms with Gasteiger partial charge in [0, 0.05) is 15.3 Å². The van der Waals surface area contributed by atoms with E-state index < -0.39 is 0 Å². The third-order valence-electron chi connectivity index (χ3n) is 3.04. The molecule has 102 valence electrons. The Morgan fingerprint density at radius 1 is 1.16 bits per heavy atom. The molecule has 0 radical (unpaired) electrons. The van der Waals surface area contributed by atoms with Gasteiger partial charge < -0.3 is 0 Å². The second-order valence-corrected chi connectivity index (χ2v) is 7.87. The molecule has 1 aromatic heterocycles. The Hall–Kier alpha value is -0.670. The minimum absolute atomic E-state index is 0.0755. The van der Waals surface area contributed by atoms with Gasteiger partial charge in [-0.1, -0.05) is 54.4 Å². The smallest absolute Gasteiger partial charge is 0.127 e. The van der Waals surface area contributed by atoms with E-state index >= 15 is 0 Å². The average Bonchev–Trinajstić information content (AvgIpc) is 2.80. The molecular formula is C16H18BrFS. The molecule has 0 fully saturated rings. The van der Waals surface area contributed by atoms with Crippen molar-refractivity contribution in [2.24, 2.45) is 0 Å². The normalized spacial score (nSPS) is 13.6. The van der Waals surface area contributed by atoms with Gasteiger partial charge in [0.1, 0.15) is 5.82 Å². The van der Waals surface area contributed by atoms with Gasteiger partial charge >= 0.3 is 0 Å². The van der Waals surface area contributed by atoms with Gasteiger partial charge in [-0.05, 0) is 30.5 Å². The first kappa shape index (κ1) is 14.7. The van der Waals surface area contributed by atoms with Crippen LogP contribution in [0.15, 0.2) is 30.3 Å². The largest absolute Gasteiger partial charge is 0.207 e. The summed E-state index contributed by atoms with van der Waals surface area (Å²) in [7, 11) is 0. The van der Waals surface area contributed by atoms with Crippen LogP contribution in [0.1, 0.15) is 46.5 Å². The average molecular weight is 341 g/mol. The number of thiophene rings is 1. The molecule has 1 atom stereocenters. The maximum atomic E-state index is 13.9. The Balaban J connectivity index is 2.36. The van der Waals surface area contributed by atoms with E-state index in [1.165, 1.54) is 10.9 Å². The number of alkyl halides is 1. The molecule has 2 rings (SSSR count). The fourth-order valence-electron chi connectivity index (χ4n) is 1.90. The first-order valence-electron chi connectivity index (χ1n) is 6.29. The predicted octanol–water partition coefficient (Wildman–Crippen LogP) is 5.98. The van der Waals surface area contributed by atoms with E-state index in [2.05, 4.69) is 48.8 Å². The predicted molar refractivity (Wildman–Crippen MR) is 84.9 cm³/mol. The second-order valence-electron chi connectivity index (χ2n) is 5.84. The molecule has 0 N–H and O–H groups in total. The van der Waals surface area contributed by atoms with Gasteiger partial charge in [0.2, 0.25) is 0 Å². The second kappa shape index (κ2) is 5.37. The zero-order valence-electron chi connectivity index (χ0n) is 11.6. The van der Waals surface area contributed by atoms with Gasteiger partial charge in [-0.15, -0.1) is 11.3 Å². The van der Waals surface area contributed by atoms with Crippen molar-refractivity contribution < 1.29 is 4.39 Å². The van der Waals surface area contributed by atoms with Gasteiger partial charge in [-0.3, -0.25) is 0 Å². The first-order valence-corrected chi connectivity index (χ1v) is 8.02. The molecule has 0 saturated heterocycles. The Kier molecular flexibility index (Phi) is 4.17. The molecule has 19 heavy (non-hydrogen) atoms. The van der Waals surface area contributed by atoms with Crippen LogP contribution in [0.2, 0.25) is 0 Å². The standard InChI is InChI=1S/C16H18BrFS/c1-10-5-6-12(18)11(9-10)15(17)13-7-8-14(19-13)16(2,3)4/h5-9,15H,1-4H3. The summed E-state index contributed by atoms with van der Waals surface area (Å²) >= 11 is 5.37. The third kappa shape index (κ3) is 3.26. The van der Waals surface area contributed by atoms with Crippen molar-refractivity contribution in [3.05, 3.63) is 57.0 Å². The number of benzene rings is 1. The summed E-state index contributed by atoms with van der Waals surface area (Å²) in [6.45, 7) is 8.56. The first-order chi connectivity index (χ1) is 8.79. The van der Waals surface area contributed by atoms with Crippen molar-refractivity contribution >= 4 is 27.3 Å². The summed E-state index contributed by atoms with van der Waals surface area (Å²) in [5, 5.41) is 0. The highest BCUT2D eigenvalue weighted by Crippen LogP contribution is 2.39. The quantitative estimate of drug-likeness (QED) is 0.590. The molecule has 0 bridgehead atoms. The highest BCUT2D eigenvalue weighted by atomic mass is 79.9. The van der Waals surface area contributed by atoms with Gasteiger partial charge in [0.25, 0.3) is 0 Å². The van der Waals surface area contributed by atoms with Gasteiger partial charge in [-0.2, -0.15) is 0 Å². The summed E-state index contributed by atoms with van der Waals surface area (Å²) in [5.74, 6) is -0.154. The zero-order valence-corrected chi connectivity index (χ0v) is 14.0. The molecule has 0 amide bonds. The fourth-order valence-corrected chi connectivity index (χ4v) is 3.75. The van der Waals surface area contributed by atoms with Gasteiger partial charge in [0.05, 0.1) is 4.83 Å². The van der Waals surface area contributed by atoms with Crippen LogP contribution in [-0.2, 0) is 5.41 Å². The Bertz CT molecular complexity index is 581. The lowest BCUT2D eigenvalue weighted by atomic mass is 9.95. The number of hydrogen-bond acceptors (Lipinski definition) is 1. The fraction of sp³-hybridized carbons (Fsp3) is 0.375. The molecule has 0 aliphatic carbocycles. The lowest BCUT2D eigenvalue weighted by Gasteiger charge is -2.16. The van der Waals surface area contributed by atoms with Crippen molar-refractivity contribution in [1.29, 1.82) is 0 Å². The van der Waals surface area contributed by atoms with Crippen LogP contribution in [0.4, 0.5) is 4.39 Å². The van der Waals surface area contributed by atoms with Crippen LogP contribution in [-0.4, -0.2) is 0 Å². The highest BCUT2D eigenvalue weighted by molar-refractivity contribution is 9.09. The third-order valence-corrected chi connectivity index (χ3v) is 5.91. The van der Waals surface area contributed by atoms with Crippen molar-refractivity contribution in [2.45, 2.75) is 37.9 Å². The molecule has 0 nitrogen and oxygen atoms in total. The molecular weight excluding hydrogens is 323 g/mol. The Morgan fingerprint density at radius 2 is 1.84 bits per heavy atom. The summed E-state index contributed by atoms with van der Waals surface area (Å²) in [4.78, 5) is 2.39. The topological polar surface area (TPSA) is 0 Å². The molecule has 1 aromatic carbocycles. The minimum Gasteiger partial charge on any atom is -0.207 e. The highest BCUT2D eigenvalue weighted by Gasteiger charge is 2.21. The Morgan fingerprint density at radius 3 is 2.42 bits per heavy atom. The number of rotatable bonds is 2. The Labute approximate surface area is 126 Å². The molecule has 1 unspecified atom stereocenters. The molecule has 0 spiro atoms. The molecule has 0 aliphatic rings. The summed E-state index contributed by atoms with van der Waals surface area (Å²) in [5.41, 5.74) is 1.93. The SMILES string of the molecule is Cc1ccc(F)c(C(Br)c2ccc(C(C)(C)C)s2)c1. The lowest BCUT2D eigenvalue weighted by molar-refractivity contribution is 0.604. The molecule has 1 heterocycles. The molecule has 0 saturated carbocycles. The van der Waals surface area contributed by atoms with Crippen LogP contribution in [0.25, 0.3) is 0 Å². The minimum atomic E-state index is -0.154. The number of aryl methyl sites for hydroxylation is 1. The van der Waals surface area contributed by atoms with E-state index in [-0.39, 0.29) is 16.1 Å². The summed E-state index contributed by atoms with van der Waals surface area (Å²) in [6, 6.07) is 9.48. The van der Waals surface area contributed by atoms with E-state index in [4.69, 9.17) is 0 Å². The summed E-state index contributed by atoms with van der Waals surface area (Å²) < 4.78 is 13.9. The van der Waals surface area contributed by atoms with Crippen LogP contribution < -0.4 is 0 Å². The van der Waals surface area contributed by atoms with E-state index in [1.807, 2.05) is 13.0 Å². The monoisotopic (exact) mass is 340 g/mol. The maximum Gasteiger partial charge on any atom is 0.127 e. The van der Waals surface area contributed by atoms with Crippen LogP contribution >= 0.6 is 27.3 Å². The van der Waals surface area contributed by atoms with Crippen LogP contribution in [0, 0.1) is 12.7 Å². The zero-order chi connectivity index (χ0) is 14.2.